The largest absolute Gasteiger partial charge is 0.435 e. The molecule has 0 atom stereocenters. The van der Waals surface area contributed by atoms with Gasteiger partial charge in [-0.15, -0.1) is 0 Å². The number of alkyl carbamates (subject to hydrolysis) is 1. The number of carbonyl (C=O) groups is 1. The fraction of sp³-hybridized carbons (Fsp3) is 0.727. The Balaban J connectivity index is 1.60. The van der Waals surface area contributed by atoms with E-state index in [4.69, 9.17) is 4.74 Å². The Morgan fingerprint density at radius 1 is 1.60 bits per heavy atom. The lowest BCUT2D eigenvalue weighted by atomic mass is 9.92. The number of hydrogen-bond donors (Lipinski definition) is 1. The lowest BCUT2D eigenvalue weighted by Gasteiger charge is -2.35. The highest BCUT2D eigenvalue weighted by Crippen LogP contribution is 2.32. The monoisotopic (exact) mass is 227 g/mol. The van der Waals surface area contributed by atoms with E-state index < -0.39 is 5.60 Å². The molecular formula is C11H17NO2S. The Kier molecular flexibility index (Phi) is 2.96. The van der Waals surface area contributed by atoms with Crippen molar-refractivity contribution in [1.82, 2.24) is 5.32 Å². The van der Waals surface area contributed by atoms with Gasteiger partial charge in [0.2, 0.25) is 0 Å². The highest BCUT2D eigenvalue weighted by Gasteiger charge is 2.35. The predicted molar refractivity (Wildman–Crippen MR) is 62.1 cm³/mol. The summed E-state index contributed by atoms with van der Waals surface area (Å²) >= 11 is 1.97. The van der Waals surface area contributed by atoms with Crippen molar-refractivity contribution in [3.8, 4) is 0 Å². The standard InChI is InChI=1S/C11H17NO2S/c1-3-15-9-6-8(7-9)12-10(13)14-11(2)4-5-11/h4-5,8-9H,3,6-7H2,1-2H3,(H,12,13)/t8-,9-. The maximum atomic E-state index is 11.4. The molecule has 0 unspecified atom stereocenters. The molecular weight excluding hydrogens is 210 g/mol. The van der Waals surface area contributed by atoms with E-state index in [-0.39, 0.29) is 6.09 Å². The molecule has 1 saturated carbocycles. The molecule has 0 bridgehead atoms. The summed E-state index contributed by atoms with van der Waals surface area (Å²) in [5.41, 5.74) is -0.397. The van der Waals surface area contributed by atoms with Crippen molar-refractivity contribution in [3.63, 3.8) is 0 Å². The van der Waals surface area contributed by atoms with E-state index in [2.05, 4.69) is 12.2 Å². The Morgan fingerprint density at radius 3 is 2.80 bits per heavy atom. The van der Waals surface area contributed by atoms with Crippen LogP contribution >= 0.6 is 11.8 Å². The molecule has 3 nitrogen and oxygen atoms in total. The first-order valence-corrected chi connectivity index (χ1v) is 6.47. The Bertz CT molecular complexity index is 278. The minimum Gasteiger partial charge on any atom is -0.435 e. The van der Waals surface area contributed by atoms with Gasteiger partial charge in [0, 0.05) is 11.3 Å². The molecule has 0 heterocycles. The van der Waals surface area contributed by atoms with Gasteiger partial charge >= 0.3 is 6.09 Å². The van der Waals surface area contributed by atoms with Crippen LogP contribution in [-0.2, 0) is 4.74 Å². The summed E-state index contributed by atoms with van der Waals surface area (Å²) < 4.78 is 5.18. The molecule has 0 radical (unpaired) electrons. The van der Waals surface area contributed by atoms with Crippen molar-refractivity contribution in [2.45, 2.75) is 43.6 Å². The van der Waals surface area contributed by atoms with Crippen LogP contribution in [0.15, 0.2) is 12.2 Å². The number of carbonyl (C=O) groups excluding carboxylic acids is 1. The van der Waals surface area contributed by atoms with Gasteiger partial charge in [-0.3, -0.25) is 0 Å². The maximum absolute atomic E-state index is 11.4. The molecule has 4 heteroatoms. The maximum Gasteiger partial charge on any atom is 0.408 e. The van der Waals surface area contributed by atoms with E-state index in [9.17, 15) is 4.79 Å². The molecule has 2 aliphatic carbocycles. The highest BCUT2D eigenvalue weighted by atomic mass is 32.2. The van der Waals surface area contributed by atoms with Crippen molar-refractivity contribution in [2.75, 3.05) is 5.75 Å². The van der Waals surface area contributed by atoms with Gasteiger partial charge in [-0.25, -0.2) is 4.79 Å². The summed E-state index contributed by atoms with van der Waals surface area (Å²) in [4.78, 5) is 11.4. The first-order chi connectivity index (χ1) is 7.11. The second-order valence-electron chi connectivity index (χ2n) is 4.30. The van der Waals surface area contributed by atoms with E-state index in [0.717, 1.165) is 23.8 Å². The van der Waals surface area contributed by atoms with Crippen LogP contribution < -0.4 is 5.32 Å². The average Bonchev–Trinajstić information content (AvgIpc) is 2.79. The zero-order valence-electron chi connectivity index (χ0n) is 9.16. The zero-order valence-corrected chi connectivity index (χ0v) is 9.97. The van der Waals surface area contributed by atoms with E-state index >= 15 is 0 Å². The third-order valence-corrected chi connectivity index (χ3v) is 3.96. The number of amides is 1. The van der Waals surface area contributed by atoms with E-state index in [1.165, 1.54) is 0 Å². The smallest absolute Gasteiger partial charge is 0.408 e. The second kappa shape index (κ2) is 4.08. The van der Waals surface area contributed by atoms with Crippen LogP contribution in [0.1, 0.15) is 26.7 Å². The molecule has 0 spiro atoms. The van der Waals surface area contributed by atoms with Crippen molar-refractivity contribution >= 4 is 17.9 Å². The summed E-state index contributed by atoms with van der Waals surface area (Å²) in [7, 11) is 0. The van der Waals surface area contributed by atoms with Gasteiger partial charge in [-0.1, -0.05) is 6.92 Å². The van der Waals surface area contributed by atoms with Gasteiger partial charge in [-0.05, 0) is 37.7 Å². The Hall–Kier alpha value is -0.640. The van der Waals surface area contributed by atoms with Crippen molar-refractivity contribution in [2.24, 2.45) is 0 Å². The molecule has 84 valence electrons. The van der Waals surface area contributed by atoms with Crippen LogP contribution in [0, 0.1) is 0 Å². The van der Waals surface area contributed by atoms with Gasteiger partial charge in [0.25, 0.3) is 0 Å². The lowest BCUT2D eigenvalue weighted by molar-refractivity contribution is 0.100. The van der Waals surface area contributed by atoms with E-state index in [1.54, 1.807) is 0 Å². The number of ether oxygens (including phenoxy) is 1. The summed E-state index contributed by atoms with van der Waals surface area (Å²) in [5.74, 6) is 1.16. The highest BCUT2D eigenvalue weighted by molar-refractivity contribution is 7.99. The molecule has 1 fully saturated rings. The fourth-order valence-electron chi connectivity index (χ4n) is 1.64. The molecule has 0 aromatic heterocycles. The number of rotatable bonds is 4. The molecule has 2 aliphatic rings. The van der Waals surface area contributed by atoms with Crippen LogP contribution in [0.5, 0.6) is 0 Å². The SMILES string of the molecule is CCS[C@H]1C[C@H](NC(=O)OC2(C)C=C2)C1. The molecule has 2 rings (SSSR count). The van der Waals surface area contributed by atoms with Crippen LogP contribution in [0.2, 0.25) is 0 Å². The molecule has 0 aromatic carbocycles. The van der Waals surface area contributed by atoms with Gasteiger partial charge < -0.3 is 10.1 Å². The summed E-state index contributed by atoms with van der Waals surface area (Å²) in [6, 6.07) is 0.323. The van der Waals surface area contributed by atoms with Gasteiger partial charge in [-0.2, -0.15) is 11.8 Å². The minimum atomic E-state index is -0.397. The van der Waals surface area contributed by atoms with Crippen LogP contribution in [-0.4, -0.2) is 28.7 Å². The second-order valence-corrected chi connectivity index (χ2v) is 5.87. The molecule has 0 saturated heterocycles. The summed E-state index contributed by atoms with van der Waals surface area (Å²) in [5, 5.41) is 3.62. The molecule has 0 aromatic rings. The molecule has 15 heavy (non-hydrogen) atoms. The van der Waals surface area contributed by atoms with Gasteiger partial charge in [0.15, 0.2) is 0 Å². The first kappa shape index (κ1) is 10.9. The van der Waals surface area contributed by atoms with Crippen molar-refractivity contribution in [3.05, 3.63) is 12.2 Å². The zero-order chi connectivity index (χ0) is 10.9. The molecule has 0 aliphatic heterocycles. The fourth-order valence-corrected chi connectivity index (χ4v) is 2.84. The van der Waals surface area contributed by atoms with Crippen molar-refractivity contribution < 1.29 is 9.53 Å². The quantitative estimate of drug-likeness (QED) is 0.749. The predicted octanol–water partition coefficient (Wildman–Crippen LogP) is 2.33. The van der Waals surface area contributed by atoms with E-state index in [1.807, 2.05) is 30.8 Å². The normalized spacial score (nSPS) is 30.5. The number of thioether (sulfide) groups is 1. The summed E-state index contributed by atoms with van der Waals surface area (Å²) in [6.07, 6.45) is 5.63. The van der Waals surface area contributed by atoms with E-state index in [0.29, 0.717) is 6.04 Å². The van der Waals surface area contributed by atoms with Crippen LogP contribution in [0.25, 0.3) is 0 Å². The van der Waals surface area contributed by atoms with Crippen LogP contribution in [0.3, 0.4) is 0 Å². The third kappa shape index (κ3) is 2.91. The Labute approximate surface area is 94.6 Å². The molecule has 1 amide bonds. The average molecular weight is 227 g/mol. The molecule has 1 N–H and O–H groups in total. The summed E-state index contributed by atoms with van der Waals surface area (Å²) in [6.45, 7) is 4.04. The van der Waals surface area contributed by atoms with Crippen LogP contribution in [0.4, 0.5) is 4.79 Å². The minimum absolute atomic E-state index is 0.285. The Morgan fingerprint density at radius 2 is 2.27 bits per heavy atom. The first-order valence-electron chi connectivity index (χ1n) is 5.43. The lowest BCUT2D eigenvalue weighted by Crippen LogP contribution is -2.46. The van der Waals surface area contributed by atoms with Gasteiger partial charge in [0.05, 0.1) is 0 Å². The van der Waals surface area contributed by atoms with Gasteiger partial charge in [0.1, 0.15) is 5.60 Å². The third-order valence-electron chi connectivity index (χ3n) is 2.77. The number of nitrogens with one attached hydrogen (secondary N) is 1. The topological polar surface area (TPSA) is 38.3 Å². The van der Waals surface area contributed by atoms with Crippen molar-refractivity contribution in [1.29, 1.82) is 0 Å². The number of hydrogen-bond acceptors (Lipinski definition) is 3.